The number of amides is 1. The highest BCUT2D eigenvalue weighted by Gasteiger charge is 2.13. The van der Waals surface area contributed by atoms with Gasteiger partial charge < -0.3 is 5.32 Å². The molecule has 0 saturated heterocycles. The van der Waals surface area contributed by atoms with Gasteiger partial charge in [0.1, 0.15) is 0 Å². The first-order valence-corrected chi connectivity index (χ1v) is 11.0. The summed E-state index contributed by atoms with van der Waals surface area (Å²) in [5, 5.41) is 4.91. The fraction of sp³-hybridized carbons (Fsp3) is 0.111. The number of hydrogen-bond acceptors (Lipinski definition) is 5. The lowest BCUT2D eigenvalue weighted by Crippen LogP contribution is -2.12. The quantitative estimate of drug-likeness (QED) is 0.639. The molecule has 2 N–H and O–H groups in total. The highest BCUT2D eigenvalue weighted by atomic mass is 35.5. The van der Waals surface area contributed by atoms with E-state index >= 15 is 0 Å². The molecule has 27 heavy (non-hydrogen) atoms. The molecule has 1 amide bonds. The Hall–Kier alpha value is -2.42. The number of carbonyl (C=O) groups is 1. The lowest BCUT2D eigenvalue weighted by molar-refractivity contribution is 0.103. The van der Waals surface area contributed by atoms with E-state index in [-0.39, 0.29) is 11.6 Å². The SMILES string of the molecule is Cc1cccnc1-c1csc(C(=O)Nc2cc(Cl)cc(NS(C)(=O)=O)c2)c1. The summed E-state index contributed by atoms with van der Waals surface area (Å²) in [6, 6.07) is 10.1. The van der Waals surface area contributed by atoms with Crippen LogP contribution in [0.4, 0.5) is 11.4 Å². The molecule has 6 nitrogen and oxygen atoms in total. The van der Waals surface area contributed by atoms with Gasteiger partial charge in [0.25, 0.3) is 5.91 Å². The molecule has 0 radical (unpaired) electrons. The van der Waals surface area contributed by atoms with E-state index in [1.807, 2.05) is 24.4 Å². The third-order valence-electron chi connectivity index (χ3n) is 3.57. The number of halogens is 1. The van der Waals surface area contributed by atoms with Crippen molar-refractivity contribution < 1.29 is 13.2 Å². The van der Waals surface area contributed by atoms with Crippen LogP contribution in [-0.2, 0) is 10.0 Å². The lowest BCUT2D eigenvalue weighted by atomic mass is 10.1. The largest absolute Gasteiger partial charge is 0.321 e. The molecule has 3 aromatic rings. The van der Waals surface area contributed by atoms with E-state index in [4.69, 9.17) is 11.6 Å². The summed E-state index contributed by atoms with van der Waals surface area (Å²) >= 11 is 7.32. The van der Waals surface area contributed by atoms with Crippen LogP contribution in [0.1, 0.15) is 15.2 Å². The summed E-state index contributed by atoms with van der Waals surface area (Å²) in [6.45, 7) is 1.96. The number of rotatable bonds is 5. The molecular formula is C18H16ClN3O3S2. The van der Waals surface area contributed by atoms with Gasteiger partial charge in [0.05, 0.1) is 22.5 Å². The van der Waals surface area contributed by atoms with Gasteiger partial charge in [-0.2, -0.15) is 0 Å². The van der Waals surface area contributed by atoms with E-state index < -0.39 is 10.0 Å². The van der Waals surface area contributed by atoms with Crippen LogP contribution >= 0.6 is 22.9 Å². The first kappa shape index (κ1) is 19.3. The molecular weight excluding hydrogens is 406 g/mol. The third-order valence-corrected chi connectivity index (χ3v) is 5.32. The van der Waals surface area contributed by atoms with Gasteiger partial charge in [0.2, 0.25) is 10.0 Å². The number of nitrogens with zero attached hydrogens (tertiary/aromatic N) is 1. The zero-order chi connectivity index (χ0) is 19.6. The van der Waals surface area contributed by atoms with Gasteiger partial charge in [-0.25, -0.2) is 8.42 Å². The minimum atomic E-state index is -3.45. The maximum Gasteiger partial charge on any atom is 0.265 e. The molecule has 0 spiro atoms. The first-order chi connectivity index (χ1) is 12.7. The Morgan fingerprint density at radius 1 is 1.19 bits per heavy atom. The van der Waals surface area contributed by atoms with E-state index in [0.717, 1.165) is 23.1 Å². The molecule has 0 aliphatic rings. The second-order valence-corrected chi connectivity index (χ2v) is 9.02. The van der Waals surface area contributed by atoms with Crippen LogP contribution in [0.3, 0.4) is 0 Å². The van der Waals surface area contributed by atoms with Crippen LogP contribution in [-0.4, -0.2) is 25.6 Å². The molecule has 0 atom stereocenters. The van der Waals surface area contributed by atoms with Crippen molar-refractivity contribution in [3.8, 4) is 11.3 Å². The number of aromatic nitrogens is 1. The number of anilines is 2. The number of benzene rings is 1. The number of pyridine rings is 1. The Balaban J connectivity index is 1.81. The van der Waals surface area contributed by atoms with Crippen LogP contribution < -0.4 is 10.0 Å². The Bertz CT molecular complexity index is 1110. The molecule has 140 valence electrons. The Morgan fingerprint density at radius 3 is 2.63 bits per heavy atom. The number of sulfonamides is 1. The molecule has 0 saturated carbocycles. The number of hydrogen-bond donors (Lipinski definition) is 2. The summed E-state index contributed by atoms with van der Waals surface area (Å²) in [7, 11) is -3.45. The average molecular weight is 422 g/mol. The summed E-state index contributed by atoms with van der Waals surface area (Å²) < 4.78 is 25.1. The van der Waals surface area contributed by atoms with Gasteiger partial charge in [0, 0.05) is 27.9 Å². The molecule has 0 fully saturated rings. The van der Waals surface area contributed by atoms with Crippen molar-refractivity contribution in [3.63, 3.8) is 0 Å². The van der Waals surface area contributed by atoms with Gasteiger partial charge in [-0.15, -0.1) is 11.3 Å². The highest BCUT2D eigenvalue weighted by Crippen LogP contribution is 2.28. The van der Waals surface area contributed by atoms with Crippen molar-refractivity contribution in [2.45, 2.75) is 6.92 Å². The monoisotopic (exact) mass is 421 g/mol. The predicted molar refractivity (Wildman–Crippen MR) is 110 cm³/mol. The molecule has 9 heteroatoms. The Kier molecular flexibility index (Phi) is 5.50. The van der Waals surface area contributed by atoms with Crippen molar-refractivity contribution in [1.29, 1.82) is 0 Å². The first-order valence-electron chi connectivity index (χ1n) is 7.81. The highest BCUT2D eigenvalue weighted by molar-refractivity contribution is 7.92. The maximum atomic E-state index is 12.5. The third kappa shape index (κ3) is 5.06. The Morgan fingerprint density at radius 2 is 1.93 bits per heavy atom. The van der Waals surface area contributed by atoms with E-state index in [1.54, 1.807) is 18.3 Å². The van der Waals surface area contributed by atoms with Crippen LogP contribution in [0.25, 0.3) is 11.3 Å². The maximum absolute atomic E-state index is 12.5. The summed E-state index contributed by atoms with van der Waals surface area (Å²) in [4.78, 5) is 17.4. The normalized spacial score (nSPS) is 11.2. The summed E-state index contributed by atoms with van der Waals surface area (Å²) in [6.07, 6.45) is 2.75. The lowest BCUT2D eigenvalue weighted by Gasteiger charge is -2.09. The Labute approximate surface area is 166 Å². The molecule has 0 unspecified atom stereocenters. The second-order valence-electron chi connectivity index (χ2n) is 5.93. The molecule has 0 bridgehead atoms. The van der Waals surface area contributed by atoms with Gasteiger partial charge in [0.15, 0.2) is 0 Å². The van der Waals surface area contributed by atoms with Gasteiger partial charge in [-0.3, -0.25) is 14.5 Å². The predicted octanol–water partition coefficient (Wildman–Crippen LogP) is 4.40. The fourth-order valence-electron chi connectivity index (χ4n) is 2.49. The van der Waals surface area contributed by atoms with Crippen molar-refractivity contribution in [2.75, 3.05) is 16.3 Å². The van der Waals surface area contributed by atoms with Gasteiger partial charge in [-0.05, 0) is 42.8 Å². The smallest absolute Gasteiger partial charge is 0.265 e. The van der Waals surface area contributed by atoms with Gasteiger partial charge in [-0.1, -0.05) is 17.7 Å². The van der Waals surface area contributed by atoms with E-state index in [9.17, 15) is 13.2 Å². The molecule has 3 rings (SSSR count). The number of aryl methyl sites for hydroxylation is 1. The topological polar surface area (TPSA) is 88.2 Å². The van der Waals surface area contributed by atoms with Crippen LogP contribution in [0.5, 0.6) is 0 Å². The number of thiophene rings is 1. The average Bonchev–Trinajstić information content (AvgIpc) is 3.03. The van der Waals surface area contributed by atoms with Crippen molar-refractivity contribution in [3.05, 3.63) is 63.4 Å². The van der Waals surface area contributed by atoms with Crippen LogP contribution in [0.2, 0.25) is 5.02 Å². The van der Waals surface area contributed by atoms with Crippen molar-refractivity contribution >= 4 is 50.2 Å². The van der Waals surface area contributed by atoms with E-state index in [2.05, 4.69) is 15.0 Å². The number of nitrogens with one attached hydrogen (secondary N) is 2. The number of carbonyl (C=O) groups excluding carboxylic acids is 1. The van der Waals surface area contributed by atoms with Crippen molar-refractivity contribution in [2.24, 2.45) is 0 Å². The minimum Gasteiger partial charge on any atom is -0.321 e. The fourth-order valence-corrected chi connectivity index (χ4v) is 4.06. The molecule has 1 aromatic carbocycles. The van der Waals surface area contributed by atoms with E-state index in [0.29, 0.717) is 15.6 Å². The van der Waals surface area contributed by atoms with E-state index in [1.165, 1.54) is 23.5 Å². The van der Waals surface area contributed by atoms with Gasteiger partial charge >= 0.3 is 0 Å². The summed E-state index contributed by atoms with van der Waals surface area (Å²) in [5.41, 5.74) is 3.39. The summed E-state index contributed by atoms with van der Waals surface area (Å²) in [5.74, 6) is -0.313. The van der Waals surface area contributed by atoms with Crippen LogP contribution in [0, 0.1) is 6.92 Å². The zero-order valence-corrected chi connectivity index (χ0v) is 16.9. The second kappa shape index (κ2) is 7.67. The molecule has 2 heterocycles. The molecule has 2 aromatic heterocycles. The van der Waals surface area contributed by atoms with Crippen LogP contribution in [0.15, 0.2) is 48.0 Å². The minimum absolute atomic E-state index is 0.274. The standard InChI is InChI=1S/C18H16ClN3O3S2/c1-11-4-3-5-20-17(11)12-6-16(26-10-12)18(23)21-14-7-13(19)8-15(9-14)22-27(2,24)25/h3-10,22H,1-2H3,(H,21,23). The van der Waals surface area contributed by atoms with Crippen molar-refractivity contribution in [1.82, 2.24) is 4.98 Å². The molecule has 0 aliphatic heterocycles. The molecule has 0 aliphatic carbocycles. The zero-order valence-electron chi connectivity index (χ0n) is 14.5.